The summed E-state index contributed by atoms with van der Waals surface area (Å²) < 4.78 is 1.78. The van der Waals surface area contributed by atoms with E-state index in [1.165, 1.54) is 0 Å². The first-order valence-corrected chi connectivity index (χ1v) is 9.02. The Bertz CT molecular complexity index is 1110. The first-order chi connectivity index (χ1) is 13.7. The lowest BCUT2D eigenvalue weighted by molar-refractivity contribution is -0.130. The van der Waals surface area contributed by atoms with Crippen molar-refractivity contribution in [2.45, 2.75) is 12.3 Å². The normalized spacial score (nSPS) is 12.1. The highest BCUT2D eigenvalue weighted by Gasteiger charge is 2.26. The van der Waals surface area contributed by atoms with Crippen molar-refractivity contribution in [3.8, 4) is 11.1 Å². The Hall–Kier alpha value is -3.51. The summed E-state index contributed by atoms with van der Waals surface area (Å²) in [5.74, 6) is -1.06. The minimum absolute atomic E-state index is 0.450. The van der Waals surface area contributed by atoms with Crippen LogP contribution in [0.3, 0.4) is 0 Å². The third-order valence-corrected chi connectivity index (χ3v) is 4.93. The number of rotatable bonds is 5. The van der Waals surface area contributed by atoms with Crippen molar-refractivity contribution in [2.75, 3.05) is 0 Å². The number of fused-ring (bicyclic) bond motifs is 1. The van der Waals surface area contributed by atoms with Gasteiger partial charge in [0.25, 0.3) is 5.91 Å². The first-order valence-electron chi connectivity index (χ1n) is 9.02. The molecule has 0 saturated carbocycles. The van der Waals surface area contributed by atoms with Crippen LogP contribution in [0.5, 0.6) is 0 Å². The fraction of sp³-hybridized carbons (Fsp3) is 0.136. The van der Waals surface area contributed by atoms with Gasteiger partial charge in [-0.1, -0.05) is 42.5 Å². The Kier molecular flexibility index (Phi) is 4.87. The minimum atomic E-state index is -0.595. The average Bonchev–Trinajstić information content (AvgIpc) is 3.08. The van der Waals surface area contributed by atoms with E-state index >= 15 is 0 Å². The summed E-state index contributed by atoms with van der Waals surface area (Å²) >= 11 is 0. The third kappa shape index (κ3) is 3.37. The maximum Gasteiger partial charge on any atom is 0.252 e. The molecule has 0 aliphatic carbocycles. The number of hydrogen-bond acceptors (Lipinski definition) is 4. The number of carbonyl (C=O) groups is 1. The van der Waals surface area contributed by atoms with Gasteiger partial charge in [0.1, 0.15) is 0 Å². The number of aryl methyl sites for hydroxylation is 1. The highest BCUT2D eigenvalue weighted by atomic mass is 16.5. The van der Waals surface area contributed by atoms with Crippen LogP contribution < -0.4 is 5.48 Å². The van der Waals surface area contributed by atoms with E-state index < -0.39 is 11.8 Å². The van der Waals surface area contributed by atoms with Gasteiger partial charge in [0.05, 0.1) is 17.1 Å². The molecule has 28 heavy (non-hydrogen) atoms. The number of nitrogens with one attached hydrogen (secondary N) is 1. The van der Waals surface area contributed by atoms with Crippen molar-refractivity contribution < 1.29 is 10.0 Å². The number of nitrogens with zero attached hydrogens (tertiary/aromatic N) is 3. The van der Waals surface area contributed by atoms with Gasteiger partial charge in [-0.25, -0.2) is 5.48 Å². The molecule has 0 aliphatic heterocycles. The molecule has 1 unspecified atom stereocenters. The molecule has 2 N–H and O–H groups in total. The van der Waals surface area contributed by atoms with E-state index in [4.69, 9.17) is 0 Å². The summed E-state index contributed by atoms with van der Waals surface area (Å²) in [4.78, 5) is 16.5. The second-order valence-corrected chi connectivity index (χ2v) is 6.70. The molecule has 1 amide bonds. The van der Waals surface area contributed by atoms with Crippen molar-refractivity contribution in [3.05, 3.63) is 84.3 Å². The predicted octanol–water partition coefficient (Wildman–Crippen LogP) is 3.47. The van der Waals surface area contributed by atoms with Crippen molar-refractivity contribution >= 4 is 16.8 Å². The van der Waals surface area contributed by atoms with Crippen LogP contribution in [0.4, 0.5) is 0 Å². The summed E-state index contributed by atoms with van der Waals surface area (Å²) in [5, 5.41) is 14.8. The number of hydroxylamine groups is 1. The van der Waals surface area contributed by atoms with Gasteiger partial charge in [-0.05, 0) is 41.3 Å². The Labute approximate surface area is 162 Å². The number of amides is 1. The van der Waals surface area contributed by atoms with Crippen LogP contribution in [-0.2, 0) is 18.3 Å². The topological polar surface area (TPSA) is 80.0 Å². The lowest BCUT2D eigenvalue weighted by Crippen LogP contribution is -2.28. The van der Waals surface area contributed by atoms with Crippen LogP contribution in [-0.4, -0.2) is 25.9 Å². The van der Waals surface area contributed by atoms with Gasteiger partial charge < -0.3 is 0 Å². The SMILES string of the molecule is Cn1nc(C(Cc2ccccc2)C(=O)NO)c2ccc(-c3ccncc3)cc21. The van der Waals surface area contributed by atoms with E-state index in [0.29, 0.717) is 12.1 Å². The van der Waals surface area contributed by atoms with Gasteiger partial charge in [-0.3, -0.25) is 19.7 Å². The molecular weight excluding hydrogens is 352 g/mol. The molecule has 1 atom stereocenters. The molecule has 2 aromatic heterocycles. The Balaban J connectivity index is 1.79. The zero-order valence-corrected chi connectivity index (χ0v) is 15.4. The molecule has 4 aromatic rings. The second-order valence-electron chi connectivity index (χ2n) is 6.70. The molecule has 2 heterocycles. The van der Waals surface area contributed by atoms with Gasteiger partial charge in [0.2, 0.25) is 0 Å². The van der Waals surface area contributed by atoms with Gasteiger partial charge in [-0.15, -0.1) is 0 Å². The van der Waals surface area contributed by atoms with Crippen LogP contribution in [0.2, 0.25) is 0 Å². The van der Waals surface area contributed by atoms with Crippen molar-refractivity contribution in [1.82, 2.24) is 20.2 Å². The van der Waals surface area contributed by atoms with Crippen LogP contribution in [0.15, 0.2) is 73.1 Å². The van der Waals surface area contributed by atoms with E-state index in [2.05, 4.69) is 16.1 Å². The lowest BCUT2D eigenvalue weighted by Gasteiger charge is -2.13. The van der Waals surface area contributed by atoms with Gasteiger partial charge >= 0.3 is 0 Å². The Morgan fingerprint density at radius 1 is 1.07 bits per heavy atom. The molecule has 2 aromatic carbocycles. The number of hydrogen-bond donors (Lipinski definition) is 2. The standard InChI is InChI=1S/C22H20N4O2/c1-26-20-14-17(16-9-11-23-12-10-16)7-8-18(20)21(24-26)19(22(27)25-28)13-15-5-3-2-4-6-15/h2-12,14,19,28H,13H2,1H3,(H,25,27). The van der Waals surface area contributed by atoms with Crippen molar-refractivity contribution in [2.24, 2.45) is 7.05 Å². The second kappa shape index (κ2) is 7.62. The molecular formula is C22H20N4O2. The zero-order chi connectivity index (χ0) is 19.5. The Morgan fingerprint density at radius 2 is 1.82 bits per heavy atom. The highest BCUT2D eigenvalue weighted by Crippen LogP contribution is 2.31. The van der Waals surface area contributed by atoms with Crippen molar-refractivity contribution in [3.63, 3.8) is 0 Å². The van der Waals surface area contributed by atoms with Gasteiger partial charge in [0.15, 0.2) is 0 Å². The van der Waals surface area contributed by atoms with E-state index in [1.54, 1.807) is 22.6 Å². The van der Waals surface area contributed by atoms with Crippen molar-refractivity contribution in [1.29, 1.82) is 0 Å². The average molecular weight is 372 g/mol. The van der Waals surface area contributed by atoms with Crippen LogP contribution in [0.1, 0.15) is 17.2 Å². The quantitative estimate of drug-likeness (QED) is 0.415. The van der Waals surface area contributed by atoms with E-state index in [1.807, 2.05) is 61.6 Å². The molecule has 0 radical (unpaired) electrons. The van der Waals surface area contributed by atoms with E-state index in [9.17, 15) is 10.0 Å². The van der Waals surface area contributed by atoms with Crippen LogP contribution >= 0.6 is 0 Å². The molecule has 140 valence electrons. The Morgan fingerprint density at radius 3 is 2.54 bits per heavy atom. The summed E-state index contributed by atoms with van der Waals surface area (Å²) in [6, 6.07) is 19.7. The van der Waals surface area contributed by atoms with Crippen LogP contribution in [0, 0.1) is 0 Å². The monoisotopic (exact) mass is 372 g/mol. The van der Waals surface area contributed by atoms with E-state index in [-0.39, 0.29) is 0 Å². The third-order valence-electron chi connectivity index (χ3n) is 4.93. The fourth-order valence-corrected chi connectivity index (χ4v) is 3.51. The van der Waals surface area contributed by atoms with Gasteiger partial charge in [-0.2, -0.15) is 5.10 Å². The fourth-order valence-electron chi connectivity index (χ4n) is 3.51. The smallest absolute Gasteiger partial charge is 0.252 e. The highest BCUT2D eigenvalue weighted by molar-refractivity contribution is 5.92. The molecule has 0 fully saturated rings. The minimum Gasteiger partial charge on any atom is -0.289 e. The summed E-state index contributed by atoms with van der Waals surface area (Å²) in [6.07, 6.45) is 3.97. The van der Waals surface area contributed by atoms with E-state index in [0.717, 1.165) is 27.6 Å². The summed E-state index contributed by atoms with van der Waals surface area (Å²) in [5.41, 5.74) is 6.49. The molecule has 6 heteroatoms. The predicted molar refractivity (Wildman–Crippen MR) is 107 cm³/mol. The molecule has 4 rings (SSSR count). The molecule has 0 spiro atoms. The summed E-state index contributed by atoms with van der Waals surface area (Å²) in [6.45, 7) is 0. The number of carbonyl (C=O) groups excluding carboxylic acids is 1. The molecule has 0 aliphatic rings. The molecule has 0 bridgehead atoms. The lowest BCUT2D eigenvalue weighted by atomic mass is 9.93. The largest absolute Gasteiger partial charge is 0.289 e. The maximum atomic E-state index is 12.4. The van der Waals surface area contributed by atoms with Crippen LogP contribution in [0.25, 0.3) is 22.0 Å². The van der Waals surface area contributed by atoms with Gasteiger partial charge in [0, 0.05) is 24.8 Å². The number of aromatic nitrogens is 3. The first kappa shape index (κ1) is 17.9. The molecule has 6 nitrogen and oxygen atoms in total. The number of pyridine rings is 1. The summed E-state index contributed by atoms with van der Waals surface area (Å²) in [7, 11) is 1.86. The zero-order valence-electron chi connectivity index (χ0n) is 15.4. The number of benzene rings is 2. The molecule has 0 saturated heterocycles. The maximum absolute atomic E-state index is 12.4.